The Balaban J connectivity index is 0. The molecule has 0 bridgehead atoms. The first-order chi connectivity index (χ1) is 9.28. The second-order valence-electron chi connectivity index (χ2n) is 4.23. The molecule has 3 N–H and O–H groups in total. The minimum absolute atomic E-state index is 0.554. The van der Waals surface area contributed by atoms with Gasteiger partial charge in [0, 0.05) is 6.54 Å². The molecule has 2 unspecified atom stereocenters. The van der Waals surface area contributed by atoms with E-state index in [0.717, 1.165) is 19.4 Å². The molecule has 0 aliphatic carbocycles. The van der Waals surface area contributed by atoms with Gasteiger partial charge in [0.15, 0.2) is 0 Å². The van der Waals surface area contributed by atoms with Gasteiger partial charge in [-0.2, -0.15) is 22.0 Å². The number of unbranched alkanes of at least 4 members (excludes halogenated alkanes) is 1. The van der Waals surface area contributed by atoms with Gasteiger partial charge in [-0.15, -0.1) is 0 Å². The lowest BCUT2D eigenvalue weighted by atomic mass is 10.3. The number of rotatable bonds is 6. The minimum atomic E-state index is -6.02. The van der Waals surface area contributed by atoms with Gasteiger partial charge in [0.05, 0.1) is 0 Å². The number of alkyl halides is 5. The fourth-order valence-corrected chi connectivity index (χ4v) is 1.15. The number of nitrogens with zero attached hydrogens (tertiary/aromatic N) is 1. The van der Waals surface area contributed by atoms with Gasteiger partial charge >= 0.3 is 18.1 Å². The Morgan fingerprint density at radius 3 is 1.62 bits per heavy atom. The van der Waals surface area contributed by atoms with E-state index < -0.39 is 30.5 Å². The predicted octanol–water partition coefficient (Wildman–Crippen LogP) is 2.03. The van der Waals surface area contributed by atoms with E-state index in [9.17, 15) is 37.0 Å². The minimum Gasteiger partial charge on any atom is -0.477 e. The number of aliphatic hydroxyl groups excluding tert-OH is 2. The Bertz CT molecular complexity index is 299. The maximum absolute atomic E-state index is 11.3. The molecule has 0 amide bonds. The first kappa shape index (κ1) is 22.3. The molecule has 0 rings (SSSR count). The lowest BCUT2D eigenvalue weighted by molar-refractivity contribution is -0.277. The van der Waals surface area contributed by atoms with E-state index in [-0.39, 0.29) is 0 Å². The Morgan fingerprint density at radius 1 is 1.10 bits per heavy atom. The number of aliphatic carboxylic acids is 1. The van der Waals surface area contributed by atoms with Crippen LogP contribution in [0.3, 0.4) is 0 Å². The van der Waals surface area contributed by atoms with E-state index in [1.807, 2.05) is 0 Å². The van der Waals surface area contributed by atoms with Crippen LogP contribution in [0.4, 0.5) is 22.0 Å². The van der Waals surface area contributed by atoms with E-state index in [1.165, 1.54) is 0 Å². The molecule has 0 aromatic heterocycles. The maximum Gasteiger partial charge on any atom is 0.465 e. The third-order valence-electron chi connectivity index (χ3n) is 2.35. The van der Waals surface area contributed by atoms with E-state index in [0.29, 0.717) is 0 Å². The van der Waals surface area contributed by atoms with Crippen molar-refractivity contribution in [3.05, 3.63) is 0 Å². The zero-order valence-electron chi connectivity index (χ0n) is 11.9. The highest BCUT2D eigenvalue weighted by Gasteiger charge is 2.64. The molecule has 0 aromatic rings. The second-order valence-corrected chi connectivity index (χ2v) is 4.23. The first-order valence-corrected chi connectivity index (χ1v) is 6.08. The molecular weight excluding hydrogens is 305 g/mol. The third kappa shape index (κ3) is 8.12. The largest absolute Gasteiger partial charge is 0.477 e. The molecule has 0 aliphatic heterocycles. The summed E-state index contributed by atoms with van der Waals surface area (Å²) in [6.45, 7) is 6.18. The number of hydrogen-bond acceptors (Lipinski definition) is 4. The Hall–Kier alpha value is -1.00. The SMILES string of the molecule is CCCCN(C(C)O)C(C)O.O=C(O)C(F)(F)C(F)(F)F. The number of carboxylic acids is 1. The molecule has 0 aliphatic rings. The van der Waals surface area contributed by atoms with Crippen LogP contribution in [0, 0.1) is 0 Å². The van der Waals surface area contributed by atoms with Crippen LogP contribution in [0.15, 0.2) is 0 Å². The molecule has 0 saturated heterocycles. The summed E-state index contributed by atoms with van der Waals surface area (Å²) in [5.74, 6) is -8.84. The lowest BCUT2D eigenvalue weighted by Crippen LogP contribution is -2.43. The van der Waals surface area contributed by atoms with Gasteiger partial charge < -0.3 is 15.3 Å². The molecule has 5 nitrogen and oxygen atoms in total. The van der Waals surface area contributed by atoms with Gasteiger partial charge in [0.25, 0.3) is 0 Å². The lowest BCUT2D eigenvalue weighted by Gasteiger charge is -2.27. The first-order valence-electron chi connectivity index (χ1n) is 6.08. The summed E-state index contributed by atoms with van der Waals surface area (Å²) < 4.78 is 55.5. The number of carboxylic acid groups (broad SMARTS) is 1. The fourth-order valence-electron chi connectivity index (χ4n) is 1.15. The maximum atomic E-state index is 11.3. The Kier molecular flexibility index (Phi) is 9.66. The molecule has 10 heteroatoms. The summed E-state index contributed by atoms with van der Waals surface area (Å²) in [6.07, 6.45) is -5.03. The average molecular weight is 325 g/mol. The van der Waals surface area contributed by atoms with Gasteiger partial charge in [-0.1, -0.05) is 13.3 Å². The molecule has 2 atom stereocenters. The van der Waals surface area contributed by atoms with Gasteiger partial charge in [-0.05, 0) is 20.3 Å². The van der Waals surface area contributed by atoms with Crippen molar-refractivity contribution in [1.82, 2.24) is 4.90 Å². The summed E-state index contributed by atoms with van der Waals surface area (Å²) in [6, 6.07) is 0. The summed E-state index contributed by atoms with van der Waals surface area (Å²) in [5, 5.41) is 25.7. The highest BCUT2D eigenvalue weighted by molar-refractivity contribution is 5.76. The van der Waals surface area contributed by atoms with Crippen LogP contribution < -0.4 is 0 Å². The van der Waals surface area contributed by atoms with Gasteiger partial charge in [-0.25, -0.2) is 4.79 Å². The highest BCUT2D eigenvalue weighted by Crippen LogP contribution is 2.35. The van der Waals surface area contributed by atoms with Crippen molar-refractivity contribution in [3.8, 4) is 0 Å². The van der Waals surface area contributed by atoms with E-state index in [1.54, 1.807) is 18.7 Å². The molecule has 0 saturated carbocycles. The van der Waals surface area contributed by atoms with E-state index >= 15 is 0 Å². The van der Waals surface area contributed by atoms with Gasteiger partial charge in [0.1, 0.15) is 12.5 Å². The van der Waals surface area contributed by atoms with Crippen molar-refractivity contribution >= 4 is 5.97 Å². The standard InChI is InChI=1S/C8H19NO2.C3HF5O2/c1-4-5-6-9(7(2)10)8(3)11;4-2(5,1(9)10)3(6,7)8/h7-8,10-11H,4-6H2,1-3H3;(H,9,10). The Labute approximate surface area is 119 Å². The van der Waals surface area contributed by atoms with Crippen molar-refractivity contribution in [2.45, 2.75) is 58.2 Å². The molecule has 0 fully saturated rings. The number of hydrogen-bond donors (Lipinski definition) is 3. The van der Waals surface area contributed by atoms with Gasteiger partial charge in [0.2, 0.25) is 0 Å². The fraction of sp³-hybridized carbons (Fsp3) is 0.909. The van der Waals surface area contributed by atoms with Crippen LogP contribution in [0.2, 0.25) is 0 Å². The van der Waals surface area contributed by atoms with Crippen LogP contribution in [0.5, 0.6) is 0 Å². The molecule has 0 radical (unpaired) electrons. The zero-order chi connectivity index (χ0) is 17.4. The van der Waals surface area contributed by atoms with Crippen LogP contribution >= 0.6 is 0 Å². The van der Waals surface area contributed by atoms with Gasteiger partial charge in [-0.3, -0.25) is 4.90 Å². The van der Waals surface area contributed by atoms with Crippen molar-refractivity contribution in [3.63, 3.8) is 0 Å². The summed E-state index contributed by atoms with van der Waals surface area (Å²) >= 11 is 0. The van der Waals surface area contributed by atoms with Crippen LogP contribution in [0.25, 0.3) is 0 Å². The van der Waals surface area contributed by atoms with Crippen molar-refractivity contribution in [2.24, 2.45) is 0 Å². The summed E-state index contributed by atoms with van der Waals surface area (Å²) in [4.78, 5) is 10.9. The van der Waals surface area contributed by atoms with Crippen molar-refractivity contribution in [2.75, 3.05) is 6.54 Å². The van der Waals surface area contributed by atoms with Crippen molar-refractivity contribution < 1.29 is 42.1 Å². The van der Waals surface area contributed by atoms with Crippen molar-refractivity contribution in [1.29, 1.82) is 0 Å². The molecule has 21 heavy (non-hydrogen) atoms. The molecule has 0 heterocycles. The monoisotopic (exact) mass is 325 g/mol. The summed E-state index contributed by atoms with van der Waals surface area (Å²) in [5.41, 5.74) is 0. The highest BCUT2D eigenvalue weighted by atomic mass is 19.4. The number of aliphatic hydroxyl groups is 2. The van der Waals surface area contributed by atoms with Crippen LogP contribution in [-0.4, -0.2) is 57.3 Å². The van der Waals surface area contributed by atoms with Crippen LogP contribution in [-0.2, 0) is 4.79 Å². The number of halogens is 5. The van der Waals surface area contributed by atoms with E-state index in [2.05, 4.69) is 6.92 Å². The van der Waals surface area contributed by atoms with E-state index in [4.69, 9.17) is 5.11 Å². The second kappa shape index (κ2) is 9.11. The normalized spacial score (nSPS) is 15.2. The zero-order valence-corrected chi connectivity index (χ0v) is 11.9. The predicted molar refractivity (Wildman–Crippen MR) is 63.6 cm³/mol. The molecule has 128 valence electrons. The quantitative estimate of drug-likeness (QED) is 0.514. The summed E-state index contributed by atoms with van der Waals surface area (Å²) in [7, 11) is 0. The molecule has 0 aromatic carbocycles. The average Bonchev–Trinajstić information content (AvgIpc) is 2.27. The topological polar surface area (TPSA) is 81.0 Å². The van der Waals surface area contributed by atoms with Crippen LogP contribution in [0.1, 0.15) is 33.6 Å². The third-order valence-corrected chi connectivity index (χ3v) is 2.35. The molecule has 0 spiro atoms. The Morgan fingerprint density at radius 2 is 1.48 bits per heavy atom. The molecular formula is C11H20F5NO4. The number of carbonyl (C=O) groups is 1. The smallest absolute Gasteiger partial charge is 0.465 e.